The van der Waals surface area contributed by atoms with Crippen LogP contribution in [0.5, 0.6) is 5.75 Å². The number of nitrogens with zero attached hydrogens (tertiary/aromatic N) is 2. The van der Waals surface area contributed by atoms with Crippen LogP contribution in [-0.4, -0.2) is 62.6 Å². The zero-order valence-electron chi connectivity index (χ0n) is 15.8. The van der Waals surface area contributed by atoms with Gasteiger partial charge in [0.15, 0.2) is 5.96 Å². The maximum atomic E-state index is 11.0. The van der Waals surface area contributed by atoms with Crippen molar-refractivity contribution < 1.29 is 9.53 Å². The average Bonchev–Trinajstić information content (AvgIpc) is 2.63. The van der Waals surface area contributed by atoms with Crippen LogP contribution < -0.4 is 21.1 Å². The second-order valence-corrected chi connectivity index (χ2v) is 6.63. The van der Waals surface area contributed by atoms with E-state index in [0.29, 0.717) is 19.2 Å². The summed E-state index contributed by atoms with van der Waals surface area (Å²) in [6.07, 6.45) is 2.85. The van der Waals surface area contributed by atoms with Crippen molar-refractivity contribution in [3.63, 3.8) is 0 Å². The monoisotopic (exact) mass is 361 g/mol. The molecule has 1 saturated heterocycles. The first kappa shape index (κ1) is 20.0. The summed E-state index contributed by atoms with van der Waals surface area (Å²) in [4.78, 5) is 17.4. The average molecular weight is 361 g/mol. The lowest BCUT2D eigenvalue weighted by Crippen LogP contribution is -2.50. The van der Waals surface area contributed by atoms with E-state index in [0.717, 1.165) is 56.2 Å². The summed E-state index contributed by atoms with van der Waals surface area (Å²) in [5.74, 6) is 1.49. The molecule has 4 N–H and O–H groups in total. The first-order valence-corrected chi connectivity index (χ1v) is 9.24. The van der Waals surface area contributed by atoms with E-state index in [1.165, 1.54) is 0 Å². The molecule has 1 heterocycles. The van der Waals surface area contributed by atoms with Gasteiger partial charge in [0.05, 0.1) is 13.2 Å². The Bertz CT molecular complexity index is 597. The molecule has 0 aromatic heterocycles. The molecule has 0 unspecified atom stereocenters. The van der Waals surface area contributed by atoms with Crippen molar-refractivity contribution in [2.75, 3.05) is 39.8 Å². The topological polar surface area (TPSA) is 92.0 Å². The summed E-state index contributed by atoms with van der Waals surface area (Å²) >= 11 is 0. The quantitative estimate of drug-likeness (QED) is 0.363. The third kappa shape index (κ3) is 6.92. The van der Waals surface area contributed by atoms with Crippen molar-refractivity contribution in [1.29, 1.82) is 0 Å². The van der Waals surface area contributed by atoms with Gasteiger partial charge in [0.25, 0.3) is 0 Å². The summed E-state index contributed by atoms with van der Waals surface area (Å²) < 4.78 is 5.80. The van der Waals surface area contributed by atoms with Gasteiger partial charge in [0, 0.05) is 32.7 Å². The number of likely N-dealkylation sites (tertiary alicyclic amines) is 1. The van der Waals surface area contributed by atoms with Gasteiger partial charge in [-0.1, -0.05) is 18.2 Å². The number of guanidine groups is 1. The van der Waals surface area contributed by atoms with Crippen LogP contribution in [0.1, 0.15) is 24.8 Å². The minimum absolute atomic E-state index is 0.262. The number of aliphatic imine (C=N–C) groups is 1. The lowest BCUT2D eigenvalue weighted by atomic mass is 10.1. The number of piperidine rings is 1. The molecule has 0 radical (unpaired) electrons. The Morgan fingerprint density at radius 3 is 2.73 bits per heavy atom. The highest BCUT2D eigenvalue weighted by Crippen LogP contribution is 2.16. The Kier molecular flexibility index (Phi) is 8.21. The van der Waals surface area contributed by atoms with Gasteiger partial charge >= 0.3 is 0 Å². The molecule has 144 valence electrons. The van der Waals surface area contributed by atoms with Gasteiger partial charge < -0.3 is 21.1 Å². The number of hydrogen-bond donors (Lipinski definition) is 3. The number of nitrogens with one attached hydrogen (secondary N) is 2. The van der Waals surface area contributed by atoms with E-state index >= 15 is 0 Å². The number of nitrogens with two attached hydrogens (primary N) is 1. The summed E-state index contributed by atoms with van der Waals surface area (Å²) in [7, 11) is 1.78. The molecule has 7 heteroatoms. The van der Waals surface area contributed by atoms with Gasteiger partial charge in [-0.3, -0.25) is 14.7 Å². The molecule has 7 nitrogen and oxygen atoms in total. The first-order chi connectivity index (χ1) is 12.6. The second kappa shape index (κ2) is 10.7. The number of hydrogen-bond acceptors (Lipinski definition) is 4. The van der Waals surface area contributed by atoms with E-state index in [9.17, 15) is 4.79 Å². The zero-order valence-corrected chi connectivity index (χ0v) is 15.8. The summed E-state index contributed by atoms with van der Waals surface area (Å²) in [6.45, 7) is 5.62. The number of rotatable bonds is 8. The Morgan fingerprint density at radius 2 is 2.08 bits per heavy atom. The predicted molar refractivity (Wildman–Crippen MR) is 104 cm³/mol. The van der Waals surface area contributed by atoms with Crippen LogP contribution in [0.15, 0.2) is 29.3 Å². The third-order valence-corrected chi connectivity index (χ3v) is 4.50. The zero-order chi connectivity index (χ0) is 18.8. The highest BCUT2D eigenvalue weighted by atomic mass is 16.5. The molecule has 1 aliphatic rings. The number of carbonyl (C=O) groups excluding carboxylic acids is 1. The maximum Gasteiger partial charge on any atom is 0.231 e. The fourth-order valence-electron chi connectivity index (χ4n) is 3.02. The van der Waals surface area contributed by atoms with Gasteiger partial charge in [-0.2, -0.15) is 0 Å². The molecule has 1 aliphatic heterocycles. The standard InChI is InChI=1S/C19H31N5O2/c1-15-6-3-4-7-17(15)26-13-5-10-22-19(21-2)23-16-8-11-24(12-9-16)14-18(20)25/h3-4,6-7,16H,5,8-14H2,1-2H3,(H2,20,25)(H2,21,22,23). The minimum atomic E-state index is -0.262. The Balaban J connectivity index is 1.61. The lowest BCUT2D eigenvalue weighted by Gasteiger charge is -2.32. The highest BCUT2D eigenvalue weighted by molar-refractivity contribution is 5.80. The number of para-hydroxylation sites is 1. The van der Waals surface area contributed by atoms with Crippen molar-refractivity contribution in [1.82, 2.24) is 15.5 Å². The van der Waals surface area contributed by atoms with Gasteiger partial charge in [-0.15, -0.1) is 0 Å². The molecule has 1 aromatic rings. The molecule has 0 atom stereocenters. The van der Waals surface area contributed by atoms with Gasteiger partial charge in [0.1, 0.15) is 5.75 Å². The first-order valence-electron chi connectivity index (χ1n) is 9.24. The van der Waals surface area contributed by atoms with Crippen LogP contribution in [0, 0.1) is 6.92 Å². The molecule has 0 spiro atoms. The van der Waals surface area contributed by atoms with E-state index in [-0.39, 0.29) is 5.91 Å². The smallest absolute Gasteiger partial charge is 0.231 e. The largest absolute Gasteiger partial charge is 0.493 e. The molecule has 26 heavy (non-hydrogen) atoms. The van der Waals surface area contributed by atoms with Crippen LogP contribution in [0.4, 0.5) is 0 Å². The summed E-state index contributed by atoms with van der Waals surface area (Å²) in [6, 6.07) is 8.41. The normalized spacial score (nSPS) is 16.3. The second-order valence-electron chi connectivity index (χ2n) is 6.63. The van der Waals surface area contributed by atoms with E-state index in [1.54, 1.807) is 7.05 Å². The van der Waals surface area contributed by atoms with Gasteiger partial charge in [-0.05, 0) is 37.8 Å². The van der Waals surface area contributed by atoms with Crippen molar-refractivity contribution in [3.05, 3.63) is 29.8 Å². The van der Waals surface area contributed by atoms with Crippen molar-refractivity contribution in [3.8, 4) is 5.75 Å². The van der Waals surface area contributed by atoms with Gasteiger partial charge in [0.2, 0.25) is 5.91 Å². The van der Waals surface area contributed by atoms with Gasteiger partial charge in [-0.25, -0.2) is 0 Å². The fraction of sp³-hybridized carbons (Fsp3) is 0.579. The van der Waals surface area contributed by atoms with Crippen LogP contribution in [0.25, 0.3) is 0 Å². The number of carbonyl (C=O) groups is 1. The Labute approximate surface area is 156 Å². The molecule has 0 aliphatic carbocycles. The highest BCUT2D eigenvalue weighted by Gasteiger charge is 2.20. The third-order valence-electron chi connectivity index (χ3n) is 4.50. The summed E-state index contributed by atoms with van der Waals surface area (Å²) in [5.41, 5.74) is 6.40. The van der Waals surface area contributed by atoms with Crippen LogP contribution in [0.3, 0.4) is 0 Å². The molecule has 1 amide bonds. The fourth-order valence-corrected chi connectivity index (χ4v) is 3.02. The summed E-state index contributed by atoms with van der Waals surface area (Å²) in [5, 5.41) is 6.78. The molecular formula is C19H31N5O2. The molecule has 2 rings (SSSR count). The Hall–Kier alpha value is -2.28. The van der Waals surface area contributed by atoms with Crippen LogP contribution in [-0.2, 0) is 4.79 Å². The van der Waals surface area contributed by atoms with E-state index in [1.807, 2.05) is 31.2 Å². The molecule has 0 bridgehead atoms. The van der Waals surface area contributed by atoms with Crippen LogP contribution in [0.2, 0.25) is 0 Å². The van der Waals surface area contributed by atoms with Crippen molar-refractivity contribution in [2.45, 2.75) is 32.2 Å². The maximum absolute atomic E-state index is 11.0. The number of benzene rings is 1. The Morgan fingerprint density at radius 1 is 1.35 bits per heavy atom. The minimum Gasteiger partial charge on any atom is -0.493 e. The van der Waals surface area contributed by atoms with E-state index < -0.39 is 0 Å². The van der Waals surface area contributed by atoms with Crippen molar-refractivity contribution in [2.24, 2.45) is 10.7 Å². The predicted octanol–water partition coefficient (Wildman–Crippen LogP) is 0.879. The van der Waals surface area contributed by atoms with Crippen molar-refractivity contribution >= 4 is 11.9 Å². The molecular weight excluding hydrogens is 330 g/mol. The number of primary amides is 1. The van der Waals surface area contributed by atoms with Crippen LogP contribution >= 0.6 is 0 Å². The number of aryl methyl sites for hydroxylation is 1. The molecule has 1 fully saturated rings. The number of ether oxygens (including phenoxy) is 1. The SMILES string of the molecule is CN=C(NCCCOc1ccccc1C)NC1CCN(CC(N)=O)CC1. The number of amides is 1. The lowest BCUT2D eigenvalue weighted by molar-refractivity contribution is -0.119. The van der Waals surface area contributed by atoms with E-state index in [4.69, 9.17) is 10.5 Å². The molecule has 1 aromatic carbocycles. The molecule has 0 saturated carbocycles. The van der Waals surface area contributed by atoms with E-state index in [2.05, 4.69) is 20.5 Å².